The molecule has 33 heavy (non-hydrogen) atoms. The third-order valence-corrected chi connectivity index (χ3v) is 5.60. The van der Waals surface area contributed by atoms with Gasteiger partial charge >= 0.3 is 5.69 Å². The van der Waals surface area contributed by atoms with E-state index >= 15 is 0 Å². The zero-order valence-corrected chi connectivity index (χ0v) is 18.5. The Morgan fingerprint density at radius 1 is 0.879 bits per heavy atom. The molecule has 162 valence electrons. The van der Waals surface area contributed by atoms with Gasteiger partial charge in [0.2, 0.25) is 0 Å². The molecule has 0 bridgehead atoms. The Hall–Kier alpha value is -3.94. The summed E-state index contributed by atoms with van der Waals surface area (Å²) in [6.07, 6.45) is 1.56. The van der Waals surface area contributed by atoms with E-state index in [1.165, 1.54) is 10.6 Å². The molecule has 2 heterocycles. The highest BCUT2D eigenvalue weighted by Crippen LogP contribution is 2.27. The van der Waals surface area contributed by atoms with Gasteiger partial charge in [0.25, 0.3) is 5.91 Å². The predicted octanol–water partition coefficient (Wildman–Crippen LogP) is 5.13. The van der Waals surface area contributed by atoms with Crippen molar-refractivity contribution in [3.8, 4) is 11.4 Å². The van der Waals surface area contributed by atoms with Gasteiger partial charge in [0, 0.05) is 5.02 Å². The zero-order valence-electron chi connectivity index (χ0n) is 16.9. The molecule has 0 aliphatic carbocycles. The van der Waals surface area contributed by atoms with Gasteiger partial charge in [0.1, 0.15) is 5.82 Å². The molecule has 0 aliphatic rings. The van der Waals surface area contributed by atoms with Crippen LogP contribution in [0.5, 0.6) is 0 Å². The maximum Gasteiger partial charge on any atom is 0.355 e. The lowest BCUT2D eigenvalue weighted by Gasteiger charge is -2.15. The van der Waals surface area contributed by atoms with Gasteiger partial charge in [-0.2, -0.15) is 10.1 Å². The first-order chi connectivity index (χ1) is 16.0. The molecule has 5 aromatic rings. The average molecular weight is 476 g/mol. The van der Waals surface area contributed by atoms with E-state index in [-0.39, 0.29) is 16.4 Å². The van der Waals surface area contributed by atoms with Crippen molar-refractivity contribution in [1.82, 2.24) is 19.3 Å². The minimum atomic E-state index is -0.570. The number of amides is 1. The van der Waals surface area contributed by atoms with Crippen molar-refractivity contribution in [3.05, 3.63) is 111 Å². The lowest BCUT2D eigenvalue weighted by Crippen LogP contribution is -2.27. The van der Waals surface area contributed by atoms with Gasteiger partial charge in [-0.1, -0.05) is 59.6 Å². The molecule has 0 saturated carbocycles. The number of nitrogens with one attached hydrogen (secondary N) is 1. The van der Waals surface area contributed by atoms with Gasteiger partial charge in [-0.3, -0.25) is 4.79 Å². The lowest BCUT2D eigenvalue weighted by molar-refractivity contribution is 0.102. The molecule has 0 atom stereocenters. The first-order valence-electron chi connectivity index (χ1n) is 9.91. The third kappa shape index (κ3) is 3.88. The monoisotopic (exact) mass is 475 g/mol. The summed E-state index contributed by atoms with van der Waals surface area (Å²) in [5, 5.41) is 8.32. The molecule has 3 aromatic carbocycles. The summed E-state index contributed by atoms with van der Waals surface area (Å²) in [6.45, 7) is 0. The second-order valence-corrected chi connectivity index (χ2v) is 7.97. The Labute approximate surface area is 197 Å². The predicted molar refractivity (Wildman–Crippen MR) is 129 cm³/mol. The molecular formula is C24H15Cl2N5O2. The highest BCUT2D eigenvalue weighted by molar-refractivity contribution is 6.36. The number of carbonyl (C=O) groups excluding carboxylic acids is 1. The minimum absolute atomic E-state index is 0.177. The zero-order chi connectivity index (χ0) is 22.9. The minimum Gasteiger partial charge on any atom is -0.307 e. The number of rotatable bonds is 4. The average Bonchev–Trinajstić information content (AvgIpc) is 3.25. The molecule has 2 aromatic heterocycles. The molecular weight excluding hydrogens is 461 g/mol. The molecule has 5 rings (SSSR count). The lowest BCUT2D eigenvalue weighted by atomic mass is 10.2. The van der Waals surface area contributed by atoms with Crippen LogP contribution in [0.4, 0.5) is 5.82 Å². The summed E-state index contributed by atoms with van der Waals surface area (Å²) in [6, 6.07) is 22.8. The van der Waals surface area contributed by atoms with Gasteiger partial charge in [0.15, 0.2) is 5.65 Å². The topological polar surface area (TPSA) is 81.8 Å². The van der Waals surface area contributed by atoms with Crippen LogP contribution in [0.25, 0.3) is 22.4 Å². The Balaban J connectivity index is 1.74. The Morgan fingerprint density at radius 2 is 1.55 bits per heavy atom. The molecule has 7 nitrogen and oxygen atoms in total. The van der Waals surface area contributed by atoms with Crippen molar-refractivity contribution in [2.75, 3.05) is 5.32 Å². The normalized spacial score (nSPS) is 11.0. The highest BCUT2D eigenvalue weighted by atomic mass is 35.5. The van der Waals surface area contributed by atoms with Crippen LogP contribution in [0.1, 0.15) is 10.4 Å². The fourth-order valence-electron chi connectivity index (χ4n) is 3.52. The second-order valence-electron chi connectivity index (χ2n) is 7.12. The summed E-state index contributed by atoms with van der Waals surface area (Å²) in [5.41, 5.74) is 1.19. The molecule has 0 spiro atoms. The van der Waals surface area contributed by atoms with Gasteiger partial charge < -0.3 is 5.32 Å². The third-order valence-electron chi connectivity index (χ3n) is 5.04. The summed E-state index contributed by atoms with van der Waals surface area (Å²) in [5.74, 6) is -0.300. The molecule has 0 radical (unpaired) electrons. The van der Waals surface area contributed by atoms with Gasteiger partial charge in [0.05, 0.1) is 33.5 Å². The number of aromatic nitrogens is 4. The first kappa shape index (κ1) is 20.9. The Kier molecular flexibility index (Phi) is 5.42. The van der Waals surface area contributed by atoms with Gasteiger partial charge in [-0.25, -0.2) is 14.0 Å². The van der Waals surface area contributed by atoms with E-state index in [2.05, 4.69) is 15.4 Å². The van der Waals surface area contributed by atoms with Crippen molar-refractivity contribution < 1.29 is 4.79 Å². The van der Waals surface area contributed by atoms with Crippen LogP contribution in [0.2, 0.25) is 10.0 Å². The first-order valence-corrected chi connectivity index (χ1v) is 10.7. The maximum atomic E-state index is 13.2. The molecule has 0 aliphatic heterocycles. The molecule has 1 amide bonds. The number of fused-ring (bicyclic) bond motifs is 1. The summed E-state index contributed by atoms with van der Waals surface area (Å²) >= 11 is 12.3. The number of benzene rings is 3. The molecule has 0 fully saturated rings. The smallest absolute Gasteiger partial charge is 0.307 e. The standard InChI is InChI=1S/C24H15Cl2N5O2/c25-15-11-12-20(26)18(13-15)23(32)28-21-19-14-27-31(17-9-5-2-6-10-17)22(19)29-24(33)30(21)16-7-3-1-4-8-16/h1-14H,(H,28,32). The van der Waals surface area contributed by atoms with Crippen molar-refractivity contribution >= 4 is 46.0 Å². The Morgan fingerprint density at radius 3 is 2.24 bits per heavy atom. The van der Waals surface area contributed by atoms with Crippen molar-refractivity contribution in [1.29, 1.82) is 0 Å². The number of carbonyl (C=O) groups is 1. The molecule has 0 saturated heterocycles. The van der Waals surface area contributed by atoms with Crippen LogP contribution in [0.15, 0.2) is 89.9 Å². The number of nitrogens with zero attached hydrogens (tertiary/aromatic N) is 4. The largest absolute Gasteiger partial charge is 0.355 e. The summed E-state index contributed by atoms with van der Waals surface area (Å²) in [4.78, 5) is 30.6. The van der Waals surface area contributed by atoms with Gasteiger partial charge in [-0.15, -0.1) is 0 Å². The number of para-hydroxylation sites is 2. The fourth-order valence-corrected chi connectivity index (χ4v) is 3.89. The Bertz CT molecular complexity index is 1550. The van der Waals surface area contributed by atoms with Crippen LogP contribution >= 0.6 is 23.2 Å². The number of halogens is 2. The van der Waals surface area contributed by atoms with E-state index in [9.17, 15) is 9.59 Å². The summed E-state index contributed by atoms with van der Waals surface area (Å²) in [7, 11) is 0. The number of anilines is 1. The molecule has 0 unspecified atom stereocenters. The van der Waals surface area contributed by atoms with E-state index in [1.807, 2.05) is 36.4 Å². The highest BCUT2D eigenvalue weighted by Gasteiger charge is 2.21. The quantitative estimate of drug-likeness (QED) is 0.390. The van der Waals surface area contributed by atoms with Crippen molar-refractivity contribution in [3.63, 3.8) is 0 Å². The number of hydrogen-bond acceptors (Lipinski definition) is 4. The van der Waals surface area contributed by atoms with E-state index in [0.29, 0.717) is 21.7 Å². The molecule has 1 N–H and O–H groups in total. The van der Waals surface area contributed by atoms with E-state index in [4.69, 9.17) is 23.2 Å². The molecule has 9 heteroatoms. The van der Waals surface area contributed by atoms with Crippen LogP contribution in [-0.4, -0.2) is 25.2 Å². The SMILES string of the molecule is O=C(Nc1c2cnn(-c3ccccc3)c2nc(=O)n1-c1ccccc1)c1cc(Cl)ccc1Cl. The second kappa shape index (κ2) is 8.54. The van der Waals surface area contributed by atoms with E-state index < -0.39 is 11.6 Å². The fraction of sp³-hybridized carbons (Fsp3) is 0. The van der Waals surface area contributed by atoms with Crippen LogP contribution in [-0.2, 0) is 0 Å². The van der Waals surface area contributed by atoms with Crippen molar-refractivity contribution in [2.24, 2.45) is 0 Å². The summed E-state index contributed by atoms with van der Waals surface area (Å²) < 4.78 is 2.88. The maximum absolute atomic E-state index is 13.2. The number of hydrogen-bond donors (Lipinski definition) is 1. The van der Waals surface area contributed by atoms with Crippen LogP contribution < -0.4 is 11.0 Å². The van der Waals surface area contributed by atoms with E-state index in [0.717, 1.165) is 5.69 Å². The van der Waals surface area contributed by atoms with Crippen molar-refractivity contribution in [2.45, 2.75) is 0 Å². The van der Waals surface area contributed by atoms with Gasteiger partial charge in [-0.05, 0) is 42.5 Å². The van der Waals surface area contributed by atoms with Crippen LogP contribution in [0, 0.1) is 0 Å². The van der Waals surface area contributed by atoms with Crippen LogP contribution in [0.3, 0.4) is 0 Å². The van der Waals surface area contributed by atoms with E-state index in [1.54, 1.807) is 47.3 Å².